The molecule has 168 valence electrons. The van der Waals surface area contributed by atoms with Crippen LogP contribution < -0.4 is 20.3 Å². The van der Waals surface area contributed by atoms with Crippen LogP contribution >= 0.6 is 11.3 Å². The maximum absolute atomic E-state index is 13.1. The summed E-state index contributed by atoms with van der Waals surface area (Å²) in [6, 6.07) is 9.03. The molecule has 0 aliphatic heterocycles. The van der Waals surface area contributed by atoms with Crippen molar-refractivity contribution in [2.75, 3.05) is 19.7 Å². The van der Waals surface area contributed by atoms with Crippen molar-refractivity contribution in [3.05, 3.63) is 65.8 Å². The normalized spacial score (nSPS) is 12.3. The molecule has 0 unspecified atom stereocenters. The van der Waals surface area contributed by atoms with Gasteiger partial charge in [-0.15, -0.1) is 11.3 Å². The molecular weight excluding hydrogens is 430 g/mol. The highest BCUT2D eigenvalue weighted by atomic mass is 32.1. The average Bonchev–Trinajstić information content (AvgIpc) is 3.04. The number of para-hydroxylation sites is 1. The molecule has 3 rings (SSSR count). The third-order valence-corrected chi connectivity index (χ3v) is 6.00. The van der Waals surface area contributed by atoms with E-state index in [1.807, 2.05) is 32.0 Å². The number of rotatable bonds is 7. The van der Waals surface area contributed by atoms with Crippen LogP contribution in [0.5, 0.6) is 0 Å². The van der Waals surface area contributed by atoms with Crippen LogP contribution in [0.1, 0.15) is 26.3 Å². The molecule has 0 atom stereocenters. The number of benzene rings is 1. The molecular formula is C23H25N3O5S. The summed E-state index contributed by atoms with van der Waals surface area (Å²) < 4.78 is 6.75. The summed E-state index contributed by atoms with van der Waals surface area (Å²) in [5, 5.41) is 0.824. The summed E-state index contributed by atoms with van der Waals surface area (Å²) >= 11 is 1.03. The highest BCUT2D eigenvalue weighted by Gasteiger charge is 2.15. The Bertz CT molecular complexity index is 1380. The third-order valence-electron chi connectivity index (χ3n) is 4.94. The maximum atomic E-state index is 13.1. The van der Waals surface area contributed by atoms with Gasteiger partial charge in [-0.1, -0.05) is 18.2 Å². The number of aromatic nitrogens is 2. The van der Waals surface area contributed by atoms with E-state index in [4.69, 9.17) is 4.74 Å². The fourth-order valence-corrected chi connectivity index (χ4v) is 4.32. The van der Waals surface area contributed by atoms with Crippen molar-refractivity contribution < 1.29 is 14.3 Å². The Labute approximate surface area is 188 Å². The number of nitrogens with one attached hydrogen (secondary N) is 1. The van der Waals surface area contributed by atoms with Gasteiger partial charge in [0.15, 0.2) is 0 Å². The van der Waals surface area contributed by atoms with Crippen molar-refractivity contribution in [2.45, 2.75) is 27.3 Å². The Hall–Kier alpha value is -3.46. The van der Waals surface area contributed by atoms with E-state index in [1.165, 1.54) is 16.7 Å². The molecule has 1 aromatic carbocycles. The number of H-pyrrole nitrogens is 1. The van der Waals surface area contributed by atoms with Gasteiger partial charge in [0.05, 0.1) is 17.2 Å². The molecule has 2 aromatic heterocycles. The van der Waals surface area contributed by atoms with Crippen molar-refractivity contribution in [3.63, 3.8) is 0 Å². The van der Waals surface area contributed by atoms with E-state index < -0.39 is 11.5 Å². The molecule has 0 radical (unpaired) electrons. The standard InChI is InChI=1S/C23H25N3O5S/c1-4-25(5-2)19(27)14-26-20(13-21(28)31-6-3)32-18(23(26)30)12-16-11-15-9-7-8-10-17(15)24-22(16)29/h7-13H,4-6,14H2,1-3H3,(H,24,29). The lowest BCUT2D eigenvalue weighted by molar-refractivity contribution is -0.135. The molecule has 2 heterocycles. The largest absolute Gasteiger partial charge is 0.463 e. The number of fused-ring (bicyclic) bond motifs is 1. The first kappa shape index (κ1) is 23.2. The molecule has 8 nitrogen and oxygen atoms in total. The first-order chi connectivity index (χ1) is 15.4. The van der Waals surface area contributed by atoms with E-state index in [-0.39, 0.29) is 33.8 Å². The van der Waals surface area contributed by atoms with E-state index in [2.05, 4.69) is 4.98 Å². The quantitative estimate of drug-likeness (QED) is 0.531. The van der Waals surface area contributed by atoms with Crippen LogP contribution in [0, 0.1) is 0 Å². The molecule has 0 saturated carbocycles. The van der Waals surface area contributed by atoms with E-state index in [0.29, 0.717) is 24.2 Å². The smallest absolute Gasteiger partial charge is 0.333 e. The lowest BCUT2D eigenvalue weighted by Gasteiger charge is -2.18. The Morgan fingerprint density at radius 2 is 1.88 bits per heavy atom. The maximum Gasteiger partial charge on any atom is 0.333 e. The van der Waals surface area contributed by atoms with Crippen molar-refractivity contribution >= 4 is 46.3 Å². The second-order valence-electron chi connectivity index (χ2n) is 6.94. The number of amides is 1. The molecule has 1 amide bonds. The first-order valence-corrected chi connectivity index (χ1v) is 11.2. The van der Waals surface area contributed by atoms with Crippen LogP contribution in [0.15, 0.2) is 39.9 Å². The van der Waals surface area contributed by atoms with Gasteiger partial charge in [0.1, 0.15) is 11.2 Å². The van der Waals surface area contributed by atoms with Gasteiger partial charge in [0.2, 0.25) is 5.91 Å². The number of pyridine rings is 1. The fraction of sp³-hybridized carbons (Fsp3) is 0.304. The number of carbonyl (C=O) groups excluding carboxylic acids is 2. The number of ether oxygens (including phenoxy) is 1. The number of esters is 1. The summed E-state index contributed by atoms with van der Waals surface area (Å²) in [4.78, 5) is 54.7. The number of likely N-dealkylation sites (N-methyl/N-ethyl adjacent to an activating group) is 1. The summed E-state index contributed by atoms with van der Waals surface area (Å²) in [6.45, 7) is 6.40. The Kier molecular flexibility index (Phi) is 7.42. The van der Waals surface area contributed by atoms with E-state index in [9.17, 15) is 19.2 Å². The molecule has 0 bridgehead atoms. The number of hydrogen-bond donors (Lipinski definition) is 1. The SMILES string of the molecule is CCOC(=O)C=c1sc(=Cc2cc3ccccc3[nH]c2=O)c(=O)n1CC(=O)N(CC)CC. The van der Waals surface area contributed by atoms with Crippen molar-refractivity contribution in [2.24, 2.45) is 0 Å². The molecule has 0 aliphatic carbocycles. The van der Waals surface area contributed by atoms with Gasteiger partial charge in [-0.05, 0) is 44.4 Å². The second kappa shape index (κ2) is 10.2. The highest BCUT2D eigenvalue weighted by molar-refractivity contribution is 7.07. The van der Waals surface area contributed by atoms with Crippen LogP contribution in [-0.2, 0) is 20.9 Å². The number of nitrogens with zero attached hydrogens (tertiary/aromatic N) is 2. The molecule has 0 saturated heterocycles. The zero-order valence-corrected chi connectivity index (χ0v) is 19.0. The van der Waals surface area contributed by atoms with Gasteiger partial charge < -0.3 is 14.6 Å². The molecule has 1 N–H and O–H groups in total. The molecule has 0 spiro atoms. The Morgan fingerprint density at radius 3 is 2.56 bits per heavy atom. The number of aromatic amines is 1. The minimum absolute atomic E-state index is 0.189. The Morgan fingerprint density at radius 1 is 1.16 bits per heavy atom. The minimum Gasteiger partial charge on any atom is -0.463 e. The van der Waals surface area contributed by atoms with E-state index in [1.54, 1.807) is 24.0 Å². The van der Waals surface area contributed by atoms with E-state index >= 15 is 0 Å². The van der Waals surface area contributed by atoms with Crippen LogP contribution in [-0.4, -0.2) is 46.0 Å². The van der Waals surface area contributed by atoms with Crippen LogP contribution in [0.4, 0.5) is 0 Å². The highest BCUT2D eigenvalue weighted by Crippen LogP contribution is 2.10. The average molecular weight is 456 g/mol. The molecule has 0 fully saturated rings. The van der Waals surface area contributed by atoms with Gasteiger partial charge in [0.25, 0.3) is 11.1 Å². The van der Waals surface area contributed by atoms with Crippen LogP contribution in [0.25, 0.3) is 23.1 Å². The summed E-state index contributed by atoms with van der Waals surface area (Å²) in [5.74, 6) is -0.837. The molecule has 0 aliphatic rings. The predicted molar refractivity (Wildman–Crippen MR) is 125 cm³/mol. The lowest BCUT2D eigenvalue weighted by atomic mass is 10.1. The monoisotopic (exact) mass is 455 g/mol. The zero-order valence-electron chi connectivity index (χ0n) is 18.2. The molecule has 3 aromatic rings. The third kappa shape index (κ3) is 5.05. The van der Waals surface area contributed by atoms with Gasteiger partial charge in [-0.2, -0.15) is 0 Å². The summed E-state index contributed by atoms with van der Waals surface area (Å²) in [7, 11) is 0. The topological polar surface area (TPSA) is 101 Å². The van der Waals surface area contributed by atoms with Crippen LogP contribution in [0.3, 0.4) is 0 Å². The van der Waals surface area contributed by atoms with Crippen molar-refractivity contribution in [3.8, 4) is 0 Å². The zero-order chi connectivity index (χ0) is 23.3. The Balaban J connectivity index is 2.17. The van der Waals surface area contributed by atoms with Crippen LogP contribution in [0.2, 0.25) is 0 Å². The van der Waals surface area contributed by atoms with Crippen molar-refractivity contribution in [1.82, 2.24) is 14.5 Å². The number of thiazole rings is 1. The van der Waals surface area contributed by atoms with Gasteiger partial charge in [0, 0.05) is 24.2 Å². The molecule has 9 heteroatoms. The minimum atomic E-state index is -0.604. The fourth-order valence-electron chi connectivity index (χ4n) is 3.30. The lowest BCUT2D eigenvalue weighted by Crippen LogP contribution is -2.40. The van der Waals surface area contributed by atoms with Crippen molar-refractivity contribution in [1.29, 1.82) is 0 Å². The first-order valence-electron chi connectivity index (χ1n) is 10.4. The number of carbonyl (C=O) groups is 2. The second-order valence-corrected chi connectivity index (χ2v) is 8.01. The molecule has 32 heavy (non-hydrogen) atoms. The number of hydrogen-bond acceptors (Lipinski definition) is 6. The van der Waals surface area contributed by atoms with Gasteiger partial charge in [-0.25, -0.2) is 4.79 Å². The van der Waals surface area contributed by atoms with E-state index in [0.717, 1.165) is 16.7 Å². The van der Waals surface area contributed by atoms with Gasteiger partial charge >= 0.3 is 5.97 Å². The van der Waals surface area contributed by atoms with Gasteiger partial charge in [-0.3, -0.25) is 19.0 Å². The summed E-state index contributed by atoms with van der Waals surface area (Å²) in [6.07, 6.45) is 2.69. The predicted octanol–water partition coefficient (Wildman–Crippen LogP) is 0.792. The summed E-state index contributed by atoms with van der Waals surface area (Å²) in [5.41, 5.74) is 0.225.